The van der Waals surface area contributed by atoms with Gasteiger partial charge >= 0.3 is 5.97 Å². The highest BCUT2D eigenvalue weighted by Crippen LogP contribution is 2.16. The number of rotatable bonds is 7. The van der Waals surface area contributed by atoms with Crippen LogP contribution in [0.5, 0.6) is 0 Å². The number of esters is 1. The Morgan fingerprint density at radius 2 is 1.75 bits per heavy atom. The van der Waals surface area contributed by atoms with E-state index in [0.717, 1.165) is 5.69 Å². The van der Waals surface area contributed by atoms with Gasteiger partial charge in [0.15, 0.2) is 0 Å². The molecule has 0 aliphatic rings. The van der Waals surface area contributed by atoms with E-state index in [1.54, 1.807) is 43.5 Å². The average Bonchev–Trinajstić information content (AvgIpc) is 2.62. The van der Waals surface area contributed by atoms with Crippen LogP contribution in [0, 0.1) is 0 Å². The molecule has 0 spiro atoms. The third-order valence-electron chi connectivity index (χ3n) is 3.20. The molecule has 0 atom stereocenters. The topological polar surface area (TPSA) is 89.6 Å². The first-order valence-electron chi connectivity index (χ1n) is 7.32. The standard InChI is InChI=1S/C17H19N3O4/c1-23-10-9-18-16(21)13-5-8-15(19-11-13)20-14-6-3-12(4-7-14)17(22)24-2/h3-8,11H,9-10H2,1-2H3,(H,18,21)(H,19,20). The summed E-state index contributed by atoms with van der Waals surface area (Å²) in [4.78, 5) is 27.4. The van der Waals surface area contributed by atoms with Crippen molar-refractivity contribution in [2.75, 3.05) is 32.7 Å². The molecule has 7 nitrogen and oxygen atoms in total. The Hall–Kier alpha value is -2.93. The summed E-state index contributed by atoms with van der Waals surface area (Å²) in [5.41, 5.74) is 1.71. The molecule has 1 amide bonds. The minimum absolute atomic E-state index is 0.200. The van der Waals surface area contributed by atoms with E-state index in [1.165, 1.54) is 13.3 Å². The number of hydrogen-bond acceptors (Lipinski definition) is 6. The van der Waals surface area contributed by atoms with Gasteiger partial charge in [-0.1, -0.05) is 0 Å². The number of carbonyl (C=O) groups is 2. The molecular weight excluding hydrogens is 310 g/mol. The van der Waals surface area contributed by atoms with Gasteiger partial charge in [-0.3, -0.25) is 4.79 Å². The van der Waals surface area contributed by atoms with E-state index < -0.39 is 0 Å². The lowest BCUT2D eigenvalue weighted by atomic mass is 10.2. The minimum Gasteiger partial charge on any atom is -0.465 e. The van der Waals surface area contributed by atoms with E-state index >= 15 is 0 Å². The van der Waals surface area contributed by atoms with Crippen molar-refractivity contribution in [3.63, 3.8) is 0 Å². The number of ether oxygens (including phenoxy) is 2. The number of pyridine rings is 1. The van der Waals surface area contributed by atoms with Gasteiger partial charge in [-0.05, 0) is 36.4 Å². The molecule has 2 rings (SSSR count). The average molecular weight is 329 g/mol. The van der Waals surface area contributed by atoms with Gasteiger partial charge in [-0.25, -0.2) is 9.78 Å². The fourth-order valence-corrected chi connectivity index (χ4v) is 1.93. The molecule has 0 aliphatic carbocycles. The third kappa shape index (κ3) is 4.79. The number of nitrogens with zero attached hydrogens (tertiary/aromatic N) is 1. The van der Waals surface area contributed by atoms with Crippen molar-refractivity contribution in [3.8, 4) is 0 Å². The number of aromatic nitrogens is 1. The van der Waals surface area contributed by atoms with Gasteiger partial charge in [0, 0.05) is 25.5 Å². The van der Waals surface area contributed by atoms with Crippen LogP contribution in [-0.2, 0) is 9.47 Å². The van der Waals surface area contributed by atoms with Crippen LogP contribution in [0.2, 0.25) is 0 Å². The van der Waals surface area contributed by atoms with Crippen molar-refractivity contribution in [1.82, 2.24) is 10.3 Å². The summed E-state index contributed by atoms with van der Waals surface area (Å²) in [6.45, 7) is 0.905. The Morgan fingerprint density at radius 1 is 1.04 bits per heavy atom. The Labute approximate surface area is 140 Å². The van der Waals surface area contributed by atoms with Crippen molar-refractivity contribution < 1.29 is 19.1 Å². The minimum atomic E-state index is -0.386. The smallest absolute Gasteiger partial charge is 0.337 e. The van der Waals surface area contributed by atoms with Crippen molar-refractivity contribution in [2.24, 2.45) is 0 Å². The van der Waals surface area contributed by atoms with Crippen LogP contribution < -0.4 is 10.6 Å². The molecule has 0 aliphatic heterocycles. The monoisotopic (exact) mass is 329 g/mol. The summed E-state index contributed by atoms with van der Waals surface area (Å²) >= 11 is 0. The highest BCUT2D eigenvalue weighted by Gasteiger charge is 2.07. The molecule has 1 aromatic carbocycles. The maximum atomic E-state index is 11.8. The van der Waals surface area contributed by atoms with Gasteiger partial charge < -0.3 is 20.1 Å². The zero-order valence-corrected chi connectivity index (χ0v) is 13.5. The van der Waals surface area contributed by atoms with Gasteiger partial charge in [-0.15, -0.1) is 0 Å². The predicted molar refractivity (Wildman–Crippen MR) is 89.5 cm³/mol. The van der Waals surface area contributed by atoms with Gasteiger partial charge in [0.2, 0.25) is 0 Å². The summed E-state index contributed by atoms with van der Waals surface area (Å²) in [5.74, 6) is 0.00584. The molecule has 0 saturated carbocycles. The predicted octanol–water partition coefficient (Wildman–Crippen LogP) is 1.99. The molecule has 0 unspecified atom stereocenters. The van der Waals surface area contributed by atoms with Gasteiger partial charge in [0.25, 0.3) is 5.91 Å². The van der Waals surface area contributed by atoms with Crippen LogP contribution in [-0.4, -0.2) is 44.2 Å². The molecule has 2 N–H and O–H groups in total. The third-order valence-corrected chi connectivity index (χ3v) is 3.20. The number of methoxy groups -OCH3 is 2. The van der Waals surface area contributed by atoms with Gasteiger partial charge in [0.05, 0.1) is 24.8 Å². The van der Waals surface area contributed by atoms with Gasteiger partial charge in [-0.2, -0.15) is 0 Å². The molecule has 24 heavy (non-hydrogen) atoms. The SMILES string of the molecule is COCCNC(=O)c1ccc(Nc2ccc(C(=O)OC)cc2)nc1. The maximum Gasteiger partial charge on any atom is 0.337 e. The van der Waals surface area contributed by atoms with Crippen LogP contribution in [0.4, 0.5) is 11.5 Å². The lowest BCUT2D eigenvalue weighted by Crippen LogP contribution is -2.26. The van der Waals surface area contributed by atoms with Crippen LogP contribution in [0.15, 0.2) is 42.6 Å². The van der Waals surface area contributed by atoms with E-state index in [1.807, 2.05) is 0 Å². The largest absolute Gasteiger partial charge is 0.465 e. The second kappa shape index (κ2) is 8.64. The second-order valence-corrected chi connectivity index (χ2v) is 4.87. The first-order valence-corrected chi connectivity index (χ1v) is 7.32. The Bertz CT molecular complexity index is 684. The zero-order valence-electron chi connectivity index (χ0n) is 13.5. The maximum absolute atomic E-state index is 11.8. The molecule has 0 bridgehead atoms. The molecule has 0 saturated heterocycles. The summed E-state index contributed by atoms with van der Waals surface area (Å²) in [7, 11) is 2.91. The first kappa shape index (κ1) is 17.4. The highest BCUT2D eigenvalue weighted by atomic mass is 16.5. The molecule has 126 valence electrons. The molecule has 2 aromatic rings. The summed E-state index contributed by atoms with van der Waals surface area (Å²) < 4.78 is 9.52. The van der Waals surface area contributed by atoms with E-state index in [-0.39, 0.29) is 11.9 Å². The van der Waals surface area contributed by atoms with Crippen molar-refractivity contribution in [2.45, 2.75) is 0 Å². The number of nitrogens with one attached hydrogen (secondary N) is 2. The fraction of sp³-hybridized carbons (Fsp3) is 0.235. The number of carbonyl (C=O) groups excluding carboxylic acids is 2. The molecule has 0 radical (unpaired) electrons. The molecular formula is C17H19N3O4. The fourth-order valence-electron chi connectivity index (χ4n) is 1.93. The molecule has 1 heterocycles. The van der Waals surface area contributed by atoms with Crippen LogP contribution in [0.3, 0.4) is 0 Å². The van der Waals surface area contributed by atoms with Crippen molar-refractivity contribution >= 4 is 23.4 Å². The lowest BCUT2D eigenvalue weighted by Gasteiger charge is -2.08. The summed E-state index contributed by atoms with van der Waals surface area (Å²) in [6.07, 6.45) is 1.49. The van der Waals surface area contributed by atoms with Crippen LogP contribution in [0.1, 0.15) is 20.7 Å². The van der Waals surface area contributed by atoms with E-state index in [2.05, 4.69) is 20.4 Å². The van der Waals surface area contributed by atoms with Gasteiger partial charge in [0.1, 0.15) is 5.82 Å². The summed E-state index contributed by atoms with van der Waals surface area (Å²) in [5, 5.41) is 5.81. The van der Waals surface area contributed by atoms with Crippen molar-refractivity contribution in [1.29, 1.82) is 0 Å². The van der Waals surface area contributed by atoms with E-state index in [4.69, 9.17) is 4.74 Å². The lowest BCUT2D eigenvalue weighted by molar-refractivity contribution is 0.0600. The Kier molecular flexibility index (Phi) is 6.27. The molecule has 1 aromatic heterocycles. The van der Waals surface area contributed by atoms with Crippen LogP contribution in [0.25, 0.3) is 0 Å². The van der Waals surface area contributed by atoms with Crippen molar-refractivity contribution in [3.05, 3.63) is 53.7 Å². The Morgan fingerprint density at radius 3 is 2.33 bits per heavy atom. The summed E-state index contributed by atoms with van der Waals surface area (Å²) in [6, 6.07) is 10.2. The molecule has 0 fully saturated rings. The number of anilines is 2. The zero-order chi connectivity index (χ0) is 17.4. The highest BCUT2D eigenvalue weighted by molar-refractivity contribution is 5.94. The number of benzene rings is 1. The van der Waals surface area contributed by atoms with E-state index in [9.17, 15) is 9.59 Å². The molecule has 7 heteroatoms. The second-order valence-electron chi connectivity index (χ2n) is 4.87. The normalized spacial score (nSPS) is 10.1. The quantitative estimate of drug-likeness (QED) is 0.596. The van der Waals surface area contributed by atoms with Crippen LogP contribution >= 0.6 is 0 Å². The number of amides is 1. The Balaban J connectivity index is 1.96. The number of hydrogen-bond donors (Lipinski definition) is 2. The van der Waals surface area contributed by atoms with E-state index in [0.29, 0.717) is 30.1 Å². The first-order chi connectivity index (χ1) is 11.6.